The SMILES string of the molecule is CCCN1C(=O)OC(C)C1C(=O)O. The summed E-state index contributed by atoms with van der Waals surface area (Å²) in [7, 11) is 0. The molecule has 1 rings (SSSR count). The number of aliphatic carboxylic acids is 1. The highest BCUT2D eigenvalue weighted by Gasteiger charge is 2.43. The number of cyclic esters (lactones) is 1. The molecule has 1 amide bonds. The zero-order valence-electron chi connectivity index (χ0n) is 7.69. The Kier molecular flexibility index (Phi) is 2.75. The van der Waals surface area contributed by atoms with Gasteiger partial charge in [0.15, 0.2) is 6.04 Å². The van der Waals surface area contributed by atoms with Crippen LogP contribution in [0.25, 0.3) is 0 Å². The van der Waals surface area contributed by atoms with Crippen molar-refractivity contribution in [2.45, 2.75) is 32.4 Å². The maximum atomic E-state index is 11.1. The van der Waals surface area contributed by atoms with E-state index in [1.165, 1.54) is 4.90 Å². The lowest BCUT2D eigenvalue weighted by Crippen LogP contribution is -2.42. The second-order valence-corrected chi connectivity index (χ2v) is 3.07. The molecule has 1 aliphatic rings. The van der Waals surface area contributed by atoms with E-state index >= 15 is 0 Å². The first-order chi connectivity index (χ1) is 6.07. The van der Waals surface area contributed by atoms with Crippen molar-refractivity contribution < 1.29 is 19.4 Å². The fourth-order valence-electron chi connectivity index (χ4n) is 1.46. The van der Waals surface area contributed by atoms with E-state index in [-0.39, 0.29) is 0 Å². The van der Waals surface area contributed by atoms with E-state index in [0.717, 1.165) is 6.42 Å². The van der Waals surface area contributed by atoms with Gasteiger partial charge in [0.05, 0.1) is 0 Å². The molecule has 0 saturated carbocycles. The minimum atomic E-state index is -1.01. The number of carboxylic acid groups (broad SMARTS) is 1. The van der Waals surface area contributed by atoms with Gasteiger partial charge in [-0.2, -0.15) is 0 Å². The van der Waals surface area contributed by atoms with Crippen LogP contribution in [0, 0.1) is 0 Å². The van der Waals surface area contributed by atoms with Crippen molar-refractivity contribution in [2.75, 3.05) is 6.54 Å². The van der Waals surface area contributed by atoms with Crippen molar-refractivity contribution in [1.29, 1.82) is 0 Å². The van der Waals surface area contributed by atoms with Crippen LogP contribution < -0.4 is 0 Å². The Bertz CT molecular complexity index is 228. The van der Waals surface area contributed by atoms with Gasteiger partial charge < -0.3 is 9.84 Å². The molecule has 5 heteroatoms. The van der Waals surface area contributed by atoms with Crippen LogP contribution in [-0.2, 0) is 9.53 Å². The molecule has 13 heavy (non-hydrogen) atoms. The summed E-state index contributed by atoms with van der Waals surface area (Å²) in [5, 5.41) is 8.82. The van der Waals surface area contributed by atoms with Gasteiger partial charge in [-0.3, -0.25) is 4.90 Å². The van der Waals surface area contributed by atoms with Gasteiger partial charge in [-0.25, -0.2) is 9.59 Å². The predicted octanol–water partition coefficient (Wildman–Crippen LogP) is 0.690. The maximum Gasteiger partial charge on any atom is 0.411 e. The number of carbonyl (C=O) groups excluding carboxylic acids is 1. The normalized spacial score (nSPS) is 27.5. The molecule has 2 unspecified atom stereocenters. The summed E-state index contributed by atoms with van der Waals surface area (Å²) in [4.78, 5) is 23.2. The smallest absolute Gasteiger partial charge is 0.411 e. The minimum Gasteiger partial charge on any atom is -0.480 e. The number of carboxylic acids is 1. The lowest BCUT2D eigenvalue weighted by molar-refractivity contribution is -0.142. The number of hydrogen-bond acceptors (Lipinski definition) is 3. The zero-order chi connectivity index (χ0) is 10.0. The Morgan fingerprint density at radius 1 is 1.69 bits per heavy atom. The largest absolute Gasteiger partial charge is 0.480 e. The number of carbonyl (C=O) groups is 2. The second-order valence-electron chi connectivity index (χ2n) is 3.07. The lowest BCUT2D eigenvalue weighted by atomic mass is 10.2. The van der Waals surface area contributed by atoms with Crippen molar-refractivity contribution in [1.82, 2.24) is 4.90 Å². The average molecular weight is 187 g/mol. The Morgan fingerprint density at radius 3 is 2.77 bits per heavy atom. The molecule has 0 radical (unpaired) electrons. The first-order valence-corrected chi connectivity index (χ1v) is 4.28. The monoisotopic (exact) mass is 187 g/mol. The van der Waals surface area contributed by atoms with Crippen LogP contribution >= 0.6 is 0 Å². The number of amides is 1. The van der Waals surface area contributed by atoms with Crippen molar-refractivity contribution in [3.8, 4) is 0 Å². The van der Waals surface area contributed by atoms with E-state index in [9.17, 15) is 9.59 Å². The second kappa shape index (κ2) is 3.64. The summed E-state index contributed by atoms with van der Waals surface area (Å²) in [5.41, 5.74) is 0. The highest BCUT2D eigenvalue weighted by atomic mass is 16.6. The molecule has 1 aliphatic heterocycles. The molecule has 0 aliphatic carbocycles. The van der Waals surface area contributed by atoms with Crippen LogP contribution in [0.3, 0.4) is 0 Å². The number of ether oxygens (including phenoxy) is 1. The number of nitrogens with zero attached hydrogens (tertiary/aromatic N) is 1. The van der Waals surface area contributed by atoms with Crippen molar-refractivity contribution in [2.24, 2.45) is 0 Å². The molecule has 0 spiro atoms. The topological polar surface area (TPSA) is 66.8 Å². The third-order valence-electron chi connectivity index (χ3n) is 2.02. The highest BCUT2D eigenvalue weighted by Crippen LogP contribution is 2.19. The standard InChI is InChI=1S/C8H13NO4/c1-3-4-9-6(7(10)11)5(2)13-8(9)12/h5-6H,3-4H2,1-2H3,(H,10,11). The van der Waals surface area contributed by atoms with E-state index in [1.54, 1.807) is 6.92 Å². The molecule has 0 aromatic heterocycles. The highest BCUT2D eigenvalue weighted by molar-refractivity contribution is 5.83. The third kappa shape index (κ3) is 1.74. The van der Waals surface area contributed by atoms with E-state index in [1.807, 2.05) is 6.92 Å². The molecular weight excluding hydrogens is 174 g/mol. The van der Waals surface area contributed by atoms with Gasteiger partial charge in [0.25, 0.3) is 0 Å². The predicted molar refractivity (Wildman–Crippen MR) is 44.4 cm³/mol. The van der Waals surface area contributed by atoms with E-state index < -0.39 is 24.2 Å². The van der Waals surface area contributed by atoms with Gasteiger partial charge in [0, 0.05) is 6.54 Å². The first kappa shape index (κ1) is 9.83. The molecule has 1 saturated heterocycles. The molecule has 1 fully saturated rings. The molecule has 1 N–H and O–H groups in total. The lowest BCUT2D eigenvalue weighted by Gasteiger charge is -2.18. The fourth-order valence-corrected chi connectivity index (χ4v) is 1.46. The molecule has 0 aromatic rings. The summed E-state index contributed by atoms with van der Waals surface area (Å²) < 4.78 is 4.81. The summed E-state index contributed by atoms with van der Waals surface area (Å²) in [6.07, 6.45) is -0.357. The Balaban J connectivity index is 2.77. The average Bonchev–Trinajstić information content (AvgIpc) is 2.27. The van der Waals surface area contributed by atoms with E-state index in [0.29, 0.717) is 6.54 Å². The molecule has 0 aromatic carbocycles. The fraction of sp³-hybridized carbons (Fsp3) is 0.750. The summed E-state index contributed by atoms with van der Waals surface area (Å²) >= 11 is 0. The number of rotatable bonds is 3. The Hall–Kier alpha value is -1.26. The number of hydrogen-bond donors (Lipinski definition) is 1. The summed E-state index contributed by atoms with van der Waals surface area (Å²) in [6.45, 7) is 3.90. The minimum absolute atomic E-state index is 0.431. The molecule has 74 valence electrons. The van der Waals surface area contributed by atoms with E-state index in [2.05, 4.69) is 0 Å². The van der Waals surface area contributed by atoms with Crippen molar-refractivity contribution in [3.05, 3.63) is 0 Å². The van der Waals surface area contributed by atoms with E-state index in [4.69, 9.17) is 9.84 Å². The van der Waals surface area contributed by atoms with Gasteiger partial charge in [0.2, 0.25) is 0 Å². The van der Waals surface area contributed by atoms with Gasteiger partial charge in [-0.1, -0.05) is 6.92 Å². The van der Waals surface area contributed by atoms with Crippen LogP contribution in [0.5, 0.6) is 0 Å². The van der Waals surface area contributed by atoms with Crippen molar-refractivity contribution >= 4 is 12.1 Å². The van der Waals surface area contributed by atoms with Crippen LogP contribution in [0.4, 0.5) is 4.79 Å². The van der Waals surface area contributed by atoms with Crippen LogP contribution in [0.1, 0.15) is 20.3 Å². The third-order valence-corrected chi connectivity index (χ3v) is 2.02. The summed E-state index contributed by atoms with van der Waals surface area (Å²) in [5.74, 6) is -1.01. The molecule has 2 atom stereocenters. The molecular formula is C8H13NO4. The molecule has 0 bridgehead atoms. The maximum absolute atomic E-state index is 11.1. The first-order valence-electron chi connectivity index (χ1n) is 4.28. The molecule has 5 nitrogen and oxygen atoms in total. The van der Waals surface area contributed by atoms with Crippen molar-refractivity contribution in [3.63, 3.8) is 0 Å². The Morgan fingerprint density at radius 2 is 2.31 bits per heavy atom. The van der Waals surface area contributed by atoms with Crippen LogP contribution in [0.15, 0.2) is 0 Å². The van der Waals surface area contributed by atoms with Gasteiger partial charge >= 0.3 is 12.1 Å². The van der Waals surface area contributed by atoms with Gasteiger partial charge in [-0.15, -0.1) is 0 Å². The Labute approximate surface area is 76.3 Å². The summed E-state index contributed by atoms with van der Waals surface area (Å²) in [6, 6.07) is -0.826. The van der Waals surface area contributed by atoms with Crippen LogP contribution in [0.2, 0.25) is 0 Å². The van der Waals surface area contributed by atoms with Gasteiger partial charge in [0.1, 0.15) is 6.10 Å². The molecule has 1 heterocycles. The quantitative estimate of drug-likeness (QED) is 0.705. The van der Waals surface area contributed by atoms with Gasteiger partial charge in [-0.05, 0) is 13.3 Å². The zero-order valence-corrected chi connectivity index (χ0v) is 7.69. The van der Waals surface area contributed by atoms with Crippen LogP contribution in [-0.4, -0.2) is 40.8 Å².